The SMILES string of the molecule is O=C(Nc1cccc2cccnc12)C1CCCCN1. The maximum atomic E-state index is 12.2. The predicted molar refractivity (Wildman–Crippen MR) is 76.0 cm³/mol. The van der Waals surface area contributed by atoms with E-state index in [0.29, 0.717) is 0 Å². The lowest BCUT2D eigenvalue weighted by molar-refractivity contribution is -0.118. The third-order valence-electron chi connectivity index (χ3n) is 3.52. The highest BCUT2D eigenvalue weighted by Crippen LogP contribution is 2.21. The van der Waals surface area contributed by atoms with E-state index >= 15 is 0 Å². The van der Waals surface area contributed by atoms with E-state index in [0.717, 1.165) is 42.4 Å². The maximum Gasteiger partial charge on any atom is 0.241 e. The molecule has 1 saturated heterocycles. The minimum atomic E-state index is -0.0762. The van der Waals surface area contributed by atoms with E-state index in [4.69, 9.17) is 0 Å². The van der Waals surface area contributed by atoms with Gasteiger partial charge in [0, 0.05) is 11.6 Å². The number of hydrogen-bond donors (Lipinski definition) is 2. The van der Waals surface area contributed by atoms with E-state index in [-0.39, 0.29) is 11.9 Å². The fourth-order valence-electron chi connectivity index (χ4n) is 2.50. The largest absolute Gasteiger partial charge is 0.323 e. The third-order valence-corrected chi connectivity index (χ3v) is 3.52. The standard InChI is InChI=1S/C15H17N3O/c19-15(13-7-1-2-9-16-13)18-12-8-3-5-11-6-4-10-17-14(11)12/h3-6,8,10,13,16H,1-2,7,9H2,(H,18,19). The summed E-state index contributed by atoms with van der Waals surface area (Å²) in [4.78, 5) is 16.6. The number of benzene rings is 1. The molecular weight excluding hydrogens is 238 g/mol. The number of para-hydroxylation sites is 1. The van der Waals surface area contributed by atoms with Crippen LogP contribution in [0, 0.1) is 0 Å². The van der Waals surface area contributed by atoms with Crippen LogP contribution in [-0.2, 0) is 4.79 Å². The van der Waals surface area contributed by atoms with Crippen molar-refractivity contribution in [1.29, 1.82) is 0 Å². The van der Waals surface area contributed by atoms with Crippen LogP contribution in [0.15, 0.2) is 36.5 Å². The summed E-state index contributed by atoms with van der Waals surface area (Å²) in [5, 5.41) is 7.28. The number of anilines is 1. The Morgan fingerprint density at radius 1 is 1.26 bits per heavy atom. The van der Waals surface area contributed by atoms with Crippen molar-refractivity contribution in [3.05, 3.63) is 36.5 Å². The number of carbonyl (C=O) groups is 1. The number of amides is 1. The third kappa shape index (κ3) is 2.58. The Morgan fingerprint density at radius 2 is 2.16 bits per heavy atom. The van der Waals surface area contributed by atoms with E-state index in [2.05, 4.69) is 15.6 Å². The fourth-order valence-corrected chi connectivity index (χ4v) is 2.50. The molecule has 0 saturated carbocycles. The lowest BCUT2D eigenvalue weighted by atomic mass is 10.0. The molecule has 98 valence electrons. The number of rotatable bonds is 2. The highest BCUT2D eigenvalue weighted by atomic mass is 16.2. The average Bonchev–Trinajstić information content (AvgIpc) is 2.48. The molecule has 2 N–H and O–H groups in total. The number of aromatic nitrogens is 1. The molecule has 1 unspecified atom stereocenters. The minimum Gasteiger partial charge on any atom is -0.323 e. The molecule has 1 aromatic heterocycles. The number of hydrogen-bond acceptors (Lipinski definition) is 3. The molecule has 0 bridgehead atoms. The van der Waals surface area contributed by atoms with Gasteiger partial charge in [-0.3, -0.25) is 9.78 Å². The Labute approximate surface area is 112 Å². The van der Waals surface area contributed by atoms with Gasteiger partial charge in [-0.25, -0.2) is 0 Å². The van der Waals surface area contributed by atoms with Gasteiger partial charge in [-0.15, -0.1) is 0 Å². The van der Waals surface area contributed by atoms with Gasteiger partial charge in [0.25, 0.3) is 0 Å². The van der Waals surface area contributed by atoms with E-state index in [1.165, 1.54) is 0 Å². The lowest BCUT2D eigenvalue weighted by Crippen LogP contribution is -2.43. The second-order valence-electron chi connectivity index (χ2n) is 4.87. The molecule has 0 spiro atoms. The number of nitrogens with zero attached hydrogens (tertiary/aromatic N) is 1. The predicted octanol–water partition coefficient (Wildman–Crippen LogP) is 2.32. The van der Waals surface area contributed by atoms with E-state index < -0.39 is 0 Å². The van der Waals surface area contributed by atoms with Crippen molar-refractivity contribution < 1.29 is 4.79 Å². The van der Waals surface area contributed by atoms with Gasteiger partial charge in [-0.1, -0.05) is 24.6 Å². The topological polar surface area (TPSA) is 54.0 Å². The molecule has 4 nitrogen and oxygen atoms in total. The number of pyridine rings is 1. The van der Waals surface area contributed by atoms with Crippen molar-refractivity contribution in [2.45, 2.75) is 25.3 Å². The second-order valence-corrected chi connectivity index (χ2v) is 4.87. The summed E-state index contributed by atoms with van der Waals surface area (Å²) in [7, 11) is 0. The zero-order chi connectivity index (χ0) is 13.1. The van der Waals surface area contributed by atoms with Crippen LogP contribution in [0.1, 0.15) is 19.3 Å². The Hall–Kier alpha value is -1.94. The zero-order valence-corrected chi connectivity index (χ0v) is 10.7. The summed E-state index contributed by atoms with van der Waals surface area (Å²) in [6.45, 7) is 0.922. The Morgan fingerprint density at radius 3 is 3.00 bits per heavy atom. The number of carbonyl (C=O) groups excluding carboxylic acids is 1. The van der Waals surface area contributed by atoms with Gasteiger partial charge in [0.2, 0.25) is 5.91 Å². The highest BCUT2D eigenvalue weighted by Gasteiger charge is 2.20. The number of fused-ring (bicyclic) bond motifs is 1. The van der Waals surface area contributed by atoms with Gasteiger partial charge in [0.05, 0.1) is 17.2 Å². The zero-order valence-electron chi connectivity index (χ0n) is 10.7. The first-order chi connectivity index (χ1) is 9.34. The van der Waals surface area contributed by atoms with Crippen molar-refractivity contribution in [2.75, 3.05) is 11.9 Å². The molecule has 3 rings (SSSR count). The monoisotopic (exact) mass is 255 g/mol. The average molecular weight is 255 g/mol. The van der Waals surface area contributed by atoms with Crippen LogP contribution in [0.3, 0.4) is 0 Å². The summed E-state index contributed by atoms with van der Waals surface area (Å²) < 4.78 is 0. The van der Waals surface area contributed by atoms with Crippen molar-refractivity contribution in [3.63, 3.8) is 0 Å². The molecule has 0 radical (unpaired) electrons. The summed E-state index contributed by atoms with van der Waals surface area (Å²) in [6.07, 6.45) is 4.92. The first-order valence-electron chi connectivity index (χ1n) is 6.72. The van der Waals surface area contributed by atoms with E-state index in [1.54, 1.807) is 6.20 Å². The van der Waals surface area contributed by atoms with Gasteiger partial charge in [-0.05, 0) is 31.5 Å². The van der Waals surface area contributed by atoms with Gasteiger partial charge >= 0.3 is 0 Å². The summed E-state index contributed by atoms with van der Waals surface area (Å²) in [5.74, 6) is 0.0397. The molecule has 1 fully saturated rings. The molecule has 4 heteroatoms. The van der Waals surface area contributed by atoms with Gasteiger partial charge in [-0.2, -0.15) is 0 Å². The van der Waals surface area contributed by atoms with Crippen LogP contribution >= 0.6 is 0 Å². The van der Waals surface area contributed by atoms with Gasteiger partial charge < -0.3 is 10.6 Å². The molecule has 0 aliphatic carbocycles. The first-order valence-corrected chi connectivity index (χ1v) is 6.72. The normalized spacial score (nSPS) is 19.3. The Balaban J connectivity index is 1.82. The molecule has 1 amide bonds. The van der Waals surface area contributed by atoms with Gasteiger partial charge in [0.1, 0.15) is 0 Å². The lowest BCUT2D eigenvalue weighted by Gasteiger charge is -2.22. The van der Waals surface area contributed by atoms with Gasteiger partial charge in [0.15, 0.2) is 0 Å². The Bertz CT molecular complexity index is 585. The summed E-state index contributed by atoms with van der Waals surface area (Å²) in [5.41, 5.74) is 1.63. The molecule has 2 aromatic rings. The minimum absolute atomic E-state index is 0.0397. The Kier molecular flexibility index (Phi) is 3.42. The van der Waals surface area contributed by atoms with E-state index in [1.807, 2.05) is 30.3 Å². The molecule has 1 aliphatic rings. The molecule has 1 atom stereocenters. The highest BCUT2D eigenvalue weighted by molar-refractivity contribution is 6.02. The quantitative estimate of drug-likeness (QED) is 0.866. The van der Waals surface area contributed by atoms with Crippen LogP contribution in [-0.4, -0.2) is 23.5 Å². The van der Waals surface area contributed by atoms with Crippen molar-refractivity contribution in [1.82, 2.24) is 10.3 Å². The van der Waals surface area contributed by atoms with Crippen molar-refractivity contribution in [2.24, 2.45) is 0 Å². The summed E-state index contributed by atoms with van der Waals surface area (Å²) in [6, 6.07) is 9.65. The first kappa shape index (κ1) is 12.1. The molecule has 19 heavy (non-hydrogen) atoms. The van der Waals surface area contributed by atoms with Crippen LogP contribution in [0.4, 0.5) is 5.69 Å². The van der Waals surface area contributed by atoms with E-state index in [9.17, 15) is 4.79 Å². The number of piperidine rings is 1. The maximum absolute atomic E-state index is 12.2. The molecule has 2 heterocycles. The van der Waals surface area contributed by atoms with Crippen LogP contribution in [0.5, 0.6) is 0 Å². The summed E-state index contributed by atoms with van der Waals surface area (Å²) >= 11 is 0. The fraction of sp³-hybridized carbons (Fsp3) is 0.333. The molecule has 1 aromatic carbocycles. The molecule has 1 aliphatic heterocycles. The second kappa shape index (κ2) is 5.36. The van der Waals surface area contributed by atoms with Crippen LogP contribution in [0.25, 0.3) is 10.9 Å². The smallest absolute Gasteiger partial charge is 0.241 e. The number of nitrogens with one attached hydrogen (secondary N) is 2. The van der Waals surface area contributed by atoms with Crippen LogP contribution in [0.2, 0.25) is 0 Å². The van der Waals surface area contributed by atoms with Crippen LogP contribution < -0.4 is 10.6 Å². The van der Waals surface area contributed by atoms with Crippen molar-refractivity contribution >= 4 is 22.5 Å². The van der Waals surface area contributed by atoms with Crippen molar-refractivity contribution in [3.8, 4) is 0 Å². The molecular formula is C15H17N3O.